The summed E-state index contributed by atoms with van der Waals surface area (Å²) in [4.78, 5) is 18.2. The Hall–Kier alpha value is -0.760. The molecule has 1 aliphatic heterocycles. The van der Waals surface area contributed by atoms with Crippen molar-refractivity contribution in [2.45, 2.75) is 45.3 Å². The maximum atomic E-state index is 11.8. The van der Waals surface area contributed by atoms with Crippen LogP contribution >= 0.6 is 34.2 Å². The van der Waals surface area contributed by atoms with Gasteiger partial charge in [-0.25, -0.2) is 9.78 Å². The van der Waals surface area contributed by atoms with E-state index < -0.39 is 5.60 Å². The molecule has 122 valence electrons. The summed E-state index contributed by atoms with van der Waals surface area (Å²) in [6.45, 7) is 7.34. The van der Waals surface area contributed by atoms with Gasteiger partial charge in [0.25, 0.3) is 0 Å². The molecule has 1 fully saturated rings. The Morgan fingerprint density at radius 3 is 2.68 bits per heavy atom. The Balaban J connectivity index is 1.88. The molecule has 1 aromatic heterocycles. The Labute approximate surface area is 149 Å². The number of hydrogen-bond acceptors (Lipinski definition) is 4. The van der Waals surface area contributed by atoms with E-state index in [4.69, 9.17) is 16.3 Å². The first-order chi connectivity index (χ1) is 10.2. The maximum Gasteiger partial charge on any atom is 0.407 e. The summed E-state index contributed by atoms with van der Waals surface area (Å²) < 4.78 is 6.38. The van der Waals surface area contributed by atoms with Crippen LogP contribution in [-0.4, -0.2) is 35.8 Å². The normalized spacial score (nSPS) is 16.5. The summed E-state index contributed by atoms with van der Waals surface area (Å²) in [5.41, 5.74) is 0.644. The minimum absolute atomic E-state index is 0.154. The Morgan fingerprint density at radius 1 is 1.45 bits per heavy atom. The number of hydrogen-bond donors (Lipinski definition) is 1. The first kappa shape index (κ1) is 17.6. The number of anilines is 1. The van der Waals surface area contributed by atoms with Crippen molar-refractivity contribution in [2.75, 3.05) is 18.0 Å². The van der Waals surface area contributed by atoms with Crippen molar-refractivity contribution in [1.29, 1.82) is 0 Å². The molecule has 2 heterocycles. The van der Waals surface area contributed by atoms with Crippen LogP contribution < -0.4 is 10.2 Å². The molecule has 1 aromatic rings. The standard InChI is InChI=1S/C15H21ClIN3O2/c1-15(2,3)22-14(21)19-10-4-6-20(7-5-10)12-8-13(16)18-9-11(12)17/h8-10H,4-7H2,1-3H3,(H,19,21). The molecule has 0 saturated carbocycles. The van der Waals surface area contributed by atoms with Crippen LogP contribution in [0.1, 0.15) is 33.6 Å². The molecule has 1 saturated heterocycles. The Morgan fingerprint density at radius 2 is 2.09 bits per heavy atom. The molecule has 5 nitrogen and oxygen atoms in total. The van der Waals surface area contributed by atoms with Gasteiger partial charge in [-0.2, -0.15) is 0 Å². The fraction of sp³-hybridized carbons (Fsp3) is 0.600. The topological polar surface area (TPSA) is 54.5 Å². The predicted octanol–water partition coefficient (Wildman–Crippen LogP) is 3.83. The number of nitrogens with one attached hydrogen (secondary N) is 1. The van der Waals surface area contributed by atoms with E-state index in [0.717, 1.165) is 35.2 Å². The minimum atomic E-state index is -0.464. The lowest BCUT2D eigenvalue weighted by atomic mass is 10.0. The molecule has 1 aliphatic rings. The third-order valence-electron chi connectivity index (χ3n) is 3.36. The van der Waals surface area contributed by atoms with Gasteiger partial charge in [0, 0.05) is 25.3 Å². The first-order valence-electron chi connectivity index (χ1n) is 7.30. The van der Waals surface area contributed by atoms with E-state index in [2.05, 4.69) is 37.8 Å². The summed E-state index contributed by atoms with van der Waals surface area (Å²) in [6, 6.07) is 2.05. The predicted molar refractivity (Wildman–Crippen MR) is 96.6 cm³/mol. The molecule has 0 aliphatic carbocycles. The molecular formula is C15H21ClIN3O2. The molecular weight excluding hydrogens is 417 g/mol. The van der Waals surface area contributed by atoms with Gasteiger partial charge < -0.3 is 15.0 Å². The third-order valence-corrected chi connectivity index (χ3v) is 4.40. The number of nitrogens with zero attached hydrogens (tertiary/aromatic N) is 2. The van der Waals surface area contributed by atoms with Gasteiger partial charge in [-0.05, 0) is 62.3 Å². The second-order valence-corrected chi connectivity index (χ2v) is 7.92. The second kappa shape index (κ2) is 7.21. The average Bonchev–Trinajstić information content (AvgIpc) is 2.40. The highest BCUT2D eigenvalue weighted by molar-refractivity contribution is 14.1. The quantitative estimate of drug-likeness (QED) is 0.564. The molecule has 1 N–H and O–H groups in total. The lowest BCUT2D eigenvalue weighted by Gasteiger charge is -2.34. The fourth-order valence-electron chi connectivity index (χ4n) is 2.38. The van der Waals surface area contributed by atoms with Gasteiger partial charge in [-0.3, -0.25) is 0 Å². The van der Waals surface area contributed by atoms with Crippen molar-refractivity contribution in [3.05, 3.63) is 21.0 Å². The molecule has 0 spiro atoms. The van der Waals surface area contributed by atoms with Gasteiger partial charge in [0.2, 0.25) is 0 Å². The van der Waals surface area contributed by atoms with Crippen molar-refractivity contribution in [3.8, 4) is 0 Å². The van der Waals surface area contributed by atoms with Gasteiger partial charge in [-0.1, -0.05) is 11.6 Å². The van der Waals surface area contributed by atoms with Crippen LogP contribution in [-0.2, 0) is 4.74 Å². The number of carbonyl (C=O) groups excluding carboxylic acids is 1. The van der Waals surface area contributed by atoms with Gasteiger partial charge in [-0.15, -0.1) is 0 Å². The molecule has 2 rings (SSSR count). The van der Waals surface area contributed by atoms with Crippen molar-refractivity contribution >= 4 is 46.0 Å². The van der Waals surface area contributed by atoms with Crippen LogP contribution in [0.25, 0.3) is 0 Å². The summed E-state index contributed by atoms with van der Waals surface area (Å²) in [6.07, 6.45) is 3.21. The van der Waals surface area contributed by atoms with Crippen LogP contribution in [0.2, 0.25) is 5.15 Å². The van der Waals surface area contributed by atoms with Gasteiger partial charge in [0.05, 0.1) is 9.26 Å². The van der Waals surface area contributed by atoms with E-state index in [9.17, 15) is 4.79 Å². The van der Waals surface area contributed by atoms with E-state index in [-0.39, 0.29) is 12.1 Å². The number of piperidine rings is 1. The number of pyridine rings is 1. The molecule has 0 radical (unpaired) electrons. The molecule has 7 heteroatoms. The molecule has 1 amide bonds. The minimum Gasteiger partial charge on any atom is -0.444 e. The van der Waals surface area contributed by atoms with E-state index in [1.54, 1.807) is 6.20 Å². The highest BCUT2D eigenvalue weighted by Crippen LogP contribution is 2.27. The van der Waals surface area contributed by atoms with Gasteiger partial charge in [0.1, 0.15) is 10.8 Å². The molecule has 0 bridgehead atoms. The van der Waals surface area contributed by atoms with Crippen LogP contribution in [0.4, 0.5) is 10.5 Å². The highest BCUT2D eigenvalue weighted by Gasteiger charge is 2.24. The zero-order valence-electron chi connectivity index (χ0n) is 13.0. The van der Waals surface area contributed by atoms with E-state index in [1.165, 1.54) is 0 Å². The molecule has 0 unspecified atom stereocenters. The van der Waals surface area contributed by atoms with E-state index >= 15 is 0 Å². The number of ether oxygens (including phenoxy) is 1. The van der Waals surface area contributed by atoms with E-state index in [0.29, 0.717) is 5.15 Å². The van der Waals surface area contributed by atoms with Gasteiger partial charge in [0.15, 0.2) is 0 Å². The van der Waals surface area contributed by atoms with Crippen molar-refractivity contribution < 1.29 is 9.53 Å². The lowest BCUT2D eigenvalue weighted by Crippen LogP contribution is -2.46. The number of halogens is 2. The second-order valence-electron chi connectivity index (χ2n) is 6.37. The summed E-state index contributed by atoms with van der Waals surface area (Å²) in [5.74, 6) is 0. The number of rotatable bonds is 2. The average molecular weight is 438 g/mol. The summed E-state index contributed by atoms with van der Waals surface area (Å²) in [5, 5.41) is 3.45. The third kappa shape index (κ3) is 5.15. The van der Waals surface area contributed by atoms with Crippen molar-refractivity contribution in [1.82, 2.24) is 10.3 Å². The molecule has 0 atom stereocenters. The first-order valence-corrected chi connectivity index (χ1v) is 8.76. The van der Waals surface area contributed by atoms with Crippen LogP contribution in [0, 0.1) is 3.57 Å². The van der Waals surface area contributed by atoms with Crippen molar-refractivity contribution in [3.63, 3.8) is 0 Å². The van der Waals surface area contributed by atoms with Crippen LogP contribution in [0.3, 0.4) is 0 Å². The number of amides is 1. The number of aromatic nitrogens is 1. The van der Waals surface area contributed by atoms with Gasteiger partial charge >= 0.3 is 6.09 Å². The van der Waals surface area contributed by atoms with Crippen LogP contribution in [0.5, 0.6) is 0 Å². The molecule has 0 aromatic carbocycles. The highest BCUT2D eigenvalue weighted by atomic mass is 127. The number of carbonyl (C=O) groups is 1. The Bertz CT molecular complexity index is 540. The van der Waals surface area contributed by atoms with Crippen molar-refractivity contribution in [2.24, 2.45) is 0 Å². The largest absolute Gasteiger partial charge is 0.444 e. The SMILES string of the molecule is CC(C)(C)OC(=O)NC1CCN(c2cc(Cl)ncc2I)CC1. The monoisotopic (exact) mass is 437 g/mol. The zero-order valence-corrected chi connectivity index (χ0v) is 15.9. The zero-order chi connectivity index (χ0) is 16.3. The maximum absolute atomic E-state index is 11.8. The fourth-order valence-corrected chi connectivity index (χ4v) is 3.17. The summed E-state index contributed by atoms with van der Waals surface area (Å²) >= 11 is 8.25. The molecule has 22 heavy (non-hydrogen) atoms. The van der Waals surface area contributed by atoms with E-state index in [1.807, 2.05) is 26.8 Å². The lowest BCUT2D eigenvalue weighted by molar-refractivity contribution is 0.0497. The Kier molecular flexibility index (Phi) is 5.76. The summed E-state index contributed by atoms with van der Waals surface area (Å²) in [7, 11) is 0. The van der Waals surface area contributed by atoms with Crippen LogP contribution in [0.15, 0.2) is 12.3 Å². The smallest absolute Gasteiger partial charge is 0.407 e. The number of alkyl carbamates (subject to hydrolysis) is 1.